The Balaban J connectivity index is 0.863. The van der Waals surface area contributed by atoms with Gasteiger partial charge in [0.15, 0.2) is 0 Å². The van der Waals surface area contributed by atoms with Crippen LogP contribution in [0.4, 0.5) is 0 Å². The molecule has 2 unspecified atom stereocenters. The van der Waals surface area contributed by atoms with Crippen molar-refractivity contribution in [1.82, 2.24) is 19.2 Å². The smallest absolute Gasteiger partial charge is 0.116 e. The van der Waals surface area contributed by atoms with E-state index in [0.717, 1.165) is 96.4 Å². The molecule has 4 nitrogen and oxygen atoms in total. The average Bonchev–Trinajstić information content (AvgIpc) is 1.55. The highest BCUT2D eigenvalue weighted by atomic mass is 35.5. The number of hydrogen-bond acceptors (Lipinski definition) is 16. The third kappa shape index (κ3) is 22.2. The molecule has 658 valence electrons. The summed E-state index contributed by atoms with van der Waals surface area (Å²) in [4.78, 5) is 25.0. The number of unbranched alkanes of at least 4 members (excludes halogenated alkanes) is 20. The van der Waals surface area contributed by atoms with Gasteiger partial charge in [-0.2, -0.15) is 0 Å². The molecule has 0 N–H and O–H groups in total. The van der Waals surface area contributed by atoms with Gasteiger partial charge in [-0.1, -0.05) is 268 Å². The Morgan fingerprint density at radius 3 is 0.879 bits per heavy atom. The van der Waals surface area contributed by atoms with E-state index in [1.165, 1.54) is 378 Å². The Labute approximate surface area is 799 Å². The van der Waals surface area contributed by atoms with Gasteiger partial charge in [0.05, 0.1) is 19.4 Å². The monoisotopic (exact) mass is 1910 g/mol. The van der Waals surface area contributed by atoms with Crippen LogP contribution >= 0.6 is 160 Å². The van der Waals surface area contributed by atoms with E-state index in [9.17, 15) is 0 Å². The van der Waals surface area contributed by atoms with E-state index in [2.05, 4.69) is 243 Å². The lowest BCUT2D eigenvalue weighted by molar-refractivity contribution is 0.452. The highest BCUT2D eigenvalue weighted by Crippen LogP contribution is 2.59. The Hall–Kier alpha value is -4.60. The van der Waals surface area contributed by atoms with E-state index < -0.39 is 0 Å². The van der Waals surface area contributed by atoms with E-state index in [1.54, 1.807) is 0 Å². The number of nitrogens with zero attached hydrogens (tertiary/aromatic N) is 4. The average molecular weight is 1910 g/mol. The number of hydrogen-bond donors (Lipinski definition) is 0. The predicted molar refractivity (Wildman–Crippen MR) is 568 cm³/mol. The molecule has 0 amide bonds. The first-order chi connectivity index (χ1) is 60.9. The summed E-state index contributed by atoms with van der Waals surface area (Å²) in [6.07, 6.45) is 48.0. The number of aryl methyl sites for hydroxylation is 6. The first kappa shape index (κ1) is 94.1. The van der Waals surface area contributed by atoms with Gasteiger partial charge < -0.3 is 0 Å². The molecule has 0 spiro atoms. The van der Waals surface area contributed by atoms with Gasteiger partial charge in [0.1, 0.15) is 11.0 Å². The van der Waals surface area contributed by atoms with Gasteiger partial charge in [-0.15, -0.1) is 124 Å². The van der Waals surface area contributed by atoms with Gasteiger partial charge in [-0.3, -0.25) is 0 Å². The zero-order valence-corrected chi connectivity index (χ0v) is 86.4. The molecule has 15 rings (SSSR count). The van der Waals surface area contributed by atoms with Crippen molar-refractivity contribution in [3.63, 3.8) is 0 Å². The van der Waals surface area contributed by atoms with Crippen LogP contribution in [0.1, 0.15) is 318 Å². The number of aromatic nitrogens is 4. The molecule has 0 aliphatic rings. The highest BCUT2D eigenvalue weighted by Gasteiger charge is 2.30. The third-order valence-corrected chi connectivity index (χ3v) is 40.4. The Kier molecular flexibility index (Phi) is 35.2. The summed E-state index contributed by atoms with van der Waals surface area (Å²) in [6.45, 7) is 23.5. The van der Waals surface area contributed by atoms with Gasteiger partial charge >= 0.3 is 0 Å². The Morgan fingerprint density at radius 1 is 0.258 bits per heavy atom. The minimum absolute atomic E-state index is 0.685. The molecule has 12 aromatic heterocycles. The van der Waals surface area contributed by atoms with Gasteiger partial charge in [-0.05, 0) is 255 Å². The number of halogens is 2. The molecule has 0 aliphatic heterocycles. The second kappa shape index (κ2) is 46.5. The van der Waals surface area contributed by atoms with Crippen LogP contribution in [0, 0.1) is 11.8 Å². The SMILES string of the molecule is CCCCCCc1cc(-c2cc3c(-c4ccc(CC(CC)CCCC)s4)c4sc(-c5cc(CCCCCC)c(-c6ccc(-c7sc(-c8c(Cl)cc(CCCCCC)c9snnc89)cc7CCCCCC)s6)s5)cc4c(-c4ccc(CC(CC)CCCC)s4)c3s2)sc1-c1ccc(-c2sc(-c3c(Cl)cc(CCCCCC)c4snnc34)cc2CCCCCC)s1. The molecule has 124 heavy (non-hydrogen) atoms. The van der Waals surface area contributed by atoms with Gasteiger partial charge in [-0.25, -0.2) is 0 Å². The van der Waals surface area contributed by atoms with Gasteiger partial charge in [0.2, 0.25) is 0 Å². The Bertz CT molecular complexity index is 5510. The summed E-state index contributed by atoms with van der Waals surface area (Å²) in [5.41, 5.74) is 15.4. The van der Waals surface area contributed by atoms with E-state index in [0.29, 0.717) is 11.8 Å². The lowest BCUT2D eigenvalue weighted by Gasteiger charge is -2.13. The molecule has 18 heteroatoms. The van der Waals surface area contributed by atoms with Crippen LogP contribution in [-0.2, 0) is 51.4 Å². The normalized spacial score (nSPS) is 12.6. The fourth-order valence-corrected chi connectivity index (χ4v) is 33.2. The fourth-order valence-electron chi connectivity index (χ4n) is 18.4. The van der Waals surface area contributed by atoms with Crippen LogP contribution in [0.2, 0.25) is 10.0 Å². The van der Waals surface area contributed by atoms with E-state index in [4.69, 9.17) is 33.4 Å². The van der Waals surface area contributed by atoms with Gasteiger partial charge in [0, 0.05) is 130 Å². The van der Waals surface area contributed by atoms with Crippen LogP contribution in [0.3, 0.4) is 0 Å². The molecule has 0 aliphatic carbocycles. The van der Waals surface area contributed by atoms with Crippen LogP contribution in [0.25, 0.3) is 141 Å². The van der Waals surface area contributed by atoms with E-state index in [1.807, 2.05) is 45.3 Å². The summed E-state index contributed by atoms with van der Waals surface area (Å²) < 4.78 is 14.5. The van der Waals surface area contributed by atoms with Crippen LogP contribution in [0.15, 0.2) is 97.1 Å². The molecule has 0 radical (unpaired) electrons. The number of thiophene rings is 10. The van der Waals surface area contributed by atoms with Crippen LogP contribution in [0.5, 0.6) is 0 Å². The molecule has 0 saturated heterocycles. The molecular formula is C106H128Cl2N4S12. The van der Waals surface area contributed by atoms with E-state index in [-0.39, 0.29) is 0 Å². The van der Waals surface area contributed by atoms with Crippen LogP contribution < -0.4 is 0 Å². The molecule has 12 heterocycles. The second-order valence-corrected chi connectivity index (χ2v) is 48.1. The standard InChI is InChI=1S/C106H128Cl2N4S12/c1-11-21-29-35-43-69-59-79(107)95(97-103(69)123-111-109-97)91-63-73(47-39-33-25-15-5)101(121-91)85-55-53-83(115-85)99-71(45-37-31-23-13-3)61-87(117-99)89-65-77-93(81-51-49-75(113-81)57-67(19-9)41-27-17-7)106-78(94(105(77)119-89)82-52-50-76(114-82)58-68(20-10)42-28-18-8)66-90(120-106)88-62-72(46-38-32-24-14-4)100(118-88)84-54-56-86(116-84)102-74(48-40-34-26-16-6)64-92(122-102)96-80(108)60-70(44-36-30-22-12-2)104-98(96)110-112-124-104/h49-56,59-68H,11-48,57-58H2,1-10H3. The Morgan fingerprint density at radius 2 is 0.556 bits per heavy atom. The minimum atomic E-state index is 0.685. The van der Waals surface area contributed by atoms with Crippen molar-refractivity contribution in [2.75, 3.05) is 0 Å². The maximum Gasteiger partial charge on any atom is 0.116 e. The van der Waals surface area contributed by atoms with Crippen molar-refractivity contribution in [2.24, 2.45) is 11.8 Å². The van der Waals surface area contributed by atoms with Crippen molar-refractivity contribution in [1.29, 1.82) is 0 Å². The van der Waals surface area contributed by atoms with E-state index >= 15 is 0 Å². The number of benzene rings is 3. The van der Waals surface area contributed by atoms with Crippen molar-refractivity contribution in [3.8, 4) is 100 Å². The molecule has 0 fully saturated rings. The molecule has 3 aromatic carbocycles. The van der Waals surface area contributed by atoms with Crippen molar-refractivity contribution in [3.05, 3.63) is 150 Å². The zero-order valence-electron chi connectivity index (χ0n) is 75.1. The first-order valence-electron chi connectivity index (χ1n) is 47.7. The largest absolute Gasteiger partial charge is 0.140 e. The predicted octanol–water partition coefficient (Wildman–Crippen LogP) is 40.8. The lowest BCUT2D eigenvalue weighted by atomic mass is 9.95. The van der Waals surface area contributed by atoms with Crippen molar-refractivity contribution < 1.29 is 0 Å². The highest BCUT2D eigenvalue weighted by molar-refractivity contribution is 7.32. The summed E-state index contributed by atoms with van der Waals surface area (Å²) in [5, 5.41) is 14.1. The molecular weight excluding hydrogens is 1780 g/mol. The first-order valence-corrected chi connectivity index (χ1v) is 58.2. The topological polar surface area (TPSA) is 51.6 Å². The molecule has 0 bridgehead atoms. The summed E-state index contributed by atoms with van der Waals surface area (Å²) in [5.74, 6) is 1.37. The van der Waals surface area contributed by atoms with Crippen molar-refractivity contribution >= 4 is 200 Å². The second-order valence-electron chi connectivity index (χ2n) is 35.0. The quantitative estimate of drug-likeness (QED) is 0.0357. The molecule has 0 saturated carbocycles. The third-order valence-electron chi connectivity index (χ3n) is 25.6. The van der Waals surface area contributed by atoms with Crippen LogP contribution in [-0.4, -0.2) is 19.2 Å². The summed E-state index contributed by atoms with van der Waals surface area (Å²) in [7, 11) is 0. The van der Waals surface area contributed by atoms with Crippen molar-refractivity contribution in [2.45, 2.75) is 326 Å². The van der Waals surface area contributed by atoms with Gasteiger partial charge in [0.25, 0.3) is 0 Å². The number of rotatable bonds is 52. The molecule has 15 aromatic rings. The maximum atomic E-state index is 7.49. The summed E-state index contributed by atoms with van der Waals surface area (Å²) >= 11 is 38.3. The lowest BCUT2D eigenvalue weighted by Crippen LogP contribution is -2.01. The minimum Gasteiger partial charge on any atom is -0.140 e. The number of fused-ring (bicyclic) bond motifs is 4. The maximum absolute atomic E-state index is 7.49. The summed E-state index contributed by atoms with van der Waals surface area (Å²) in [6, 6.07) is 40.1. The molecule has 2 atom stereocenters. The fraction of sp³-hybridized carbons (Fsp3) is 0.491. The zero-order chi connectivity index (χ0) is 86.0.